The second kappa shape index (κ2) is 5.38. The van der Waals surface area contributed by atoms with Gasteiger partial charge in [-0.1, -0.05) is 6.07 Å². The molecule has 0 spiro atoms. The van der Waals surface area contributed by atoms with Gasteiger partial charge in [-0.3, -0.25) is 9.78 Å². The Bertz CT molecular complexity index is 924. The van der Waals surface area contributed by atoms with Gasteiger partial charge in [0.15, 0.2) is 5.78 Å². The standard InChI is InChI=1S/C18H13N3O/c1-11-6-14(12(2)22)16-8-15(13-4-3-5-20-10-13)18(9-19)21-17(16)7-11/h3-8,10H,1-2H3. The summed E-state index contributed by atoms with van der Waals surface area (Å²) >= 11 is 0. The summed E-state index contributed by atoms with van der Waals surface area (Å²) in [7, 11) is 0. The van der Waals surface area contributed by atoms with Gasteiger partial charge in [-0.05, 0) is 43.7 Å². The topological polar surface area (TPSA) is 66.6 Å². The molecule has 0 saturated heterocycles. The Morgan fingerprint density at radius 3 is 2.73 bits per heavy atom. The Balaban J connectivity index is 2.39. The summed E-state index contributed by atoms with van der Waals surface area (Å²) in [6, 6.07) is 11.4. The van der Waals surface area contributed by atoms with Gasteiger partial charge in [0.25, 0.3) is 0 Å². The number of rotatable bonds is 2. The fraction of sp³-hybridized carbons (Fsp3) is 0.111. The molecule has 0 aliphatic carbocycles. The molecule has 0 aliphatic rings. The van der Waals surface area contributed by atoms with Crippen molar-refractivity contribution in [3.8, 4) is 17.2 Å². The van der Waals surface area contributed by atoms with Crippen molar-refractivity contribution >= 4 is 16.7 Å². The third-order valence-corrected chi connectivity index (χ3v) is 3.54. The van der Waals surface area contributed by atoms with Crippen LogP contribution in [-0.2, 0) is 0 Å². The molecule has 1 aromatic carbocycles. The zero-order valence-corrected chi connectivity index (χ0v) is 12.3. The zero-order valence-electron chi connectivity index (χ0n) is 12.3. The average Bonchev–Trinajstić information content (AvgIpc) is 2.53. The number of carbonyl (C=O) groups excluding carboxylic acids is 1. The zero-order chi connectivity index (χ0) is 15.7. The first kappa shape index (κ1) is 13.9. The van der Waals surface area contributed by atoms with E-state index in [2.05, 4.69) is 16.0 Å². The molecule has 3 rings (SSSR count). The van der Waals surface area contributed by atoms with Crippen LogP contribution in [0.2, 0.25) is 0 Å². The van der Waals surface area contributed by atoms with Crippen molar-refractivity contribution in [3.05, 3.63) is 59.5 Å². The van der Waals surface area contributed by atoms with Crippen LogP contribution < -0.4 is 0 Å². The Morgan fingerprint density at radius 2 is 2.09 bits per heavy atom. The van der Waals surface area contributed by atoms with E-state index in [4.69, 9.17) is 0 Å². The van der Waals surface area contributed by atoms with Gasteiger partial charge in [-0.2, -0.15) is 5.26 Å². The lowest BCUT2D eigenvalue weighted by Crippen LogP contribution is -1.99. The molecule has 4 heteroatoms. The van der Waals surface area contributed by atoms with Crippen molar-refractivity contribution < 1.29 is 4.79 Å². The maximum absolute atomic E-state index is 11.9. The molecule has 0 fully saturated rings. The van der Waals surface area contributed by atoms with Crippen LogP contribution in [0, 0.1) is 18.3 Å². The number of pyridine rings is 2. The molecule has 22 heavy (non-hydrogen) atoms. The number of ketones is 1. The summed E-state index contributed by atoms with van der Waals surface area (Å²) in [5.41, 5.74) is 4.06. The van der Waals surface area contributed by atoms with Crippen LogP contribution in [0.4, 0.5) is 0 Å². The van der Waals surface area contributed by atoms with Gasteiger partial charge in [-0.25, -0.2) is 4.98 Å². The number of Topliss-reactive ketones (excluding diaryl/α,β-unsaturated/α-hetero) is 1. The SMILES string of the molecule is CC(=O)c1cc(C)cc2nc(C#N)c(-c3cccnc3)cc12. The van der Waals surface area contributed by atoms with Gasteiger partial charge >= 0.3 is 0 Å². The normalized spacial score (nSPS) is 10.4. The van der Waals surface area contributed by atoms with Gasteiger partial charge in [0, 0.05) is 34.5 Å². The molecule has 0 amide bonds. The quantitative estimate of drug-likeness (QED) is 0.674. The summed E-state index contributed by atoms with van der Waals surface area (Å²) in [5, 5.41) is 10.1. The molecule has 0 radical (unpaired) electrons. The Morgan fingerprint density at radius 1 is 1.27 bits per heavy atom. The van der Waals surface area contributed by atoms with Crippen LogP contribution in [0.25, 0.3) is 22.0 Å². The summed E-state index contributed by atoms with van der Waals surface area (Å²) in [6.07, 6.45) is 3.36. The Hall–Kier alpha value is -3.06. The summed E-state index contributed by atoms with van der Waals surface area (Å²) in [5.74, 6) is -0.0163. The van der Waals surface area contributed by atoms with Crippen molar-refractivity contribution in [2.75, 3.05) is 0 Å². The highest BCUT2D eigenvalue weighted by Gasteiger charge is 2.13. The molecular formula is C18H13N3O. The van der Waals surface area contributed by atoms with Crippen LogP contribution in [0.15, 0.2) is 42.7 Å². The maximum atomic E-state index is 11.9. The fourth-order valence-electron chi connectivity index (χ4n) is 2.53. The minimum Gasteiger partial charge on any atom is -0.294 e. The third-order valence-electron chi connectivity index (χ3n) is 3.54. The van der Waals surface area contributed by atoms with E-state index in [-0.39, 0.29) is 5.78 Å². The van der Waals surface area contributed by atoms with E-state index in [1.54, 1.807) is 12.4 Å². The highest BCUT2D eigenvalue weighted by molar-refractivity contribution is 6.07. The van der Waals surface area contributed by atoms with Crippen LogP contribution in [-0.4, -0.2) is 15.8 Å². The second-order valence-corrected chi connectivity index (χ2v) is 5.17. The van der Waals surface area contributed by atoms with E-state index in [0.717, 1.165) is 16.5 Å². The number of aryl methyl sites for hydroxylation is 1. The summed E-state index contributed by atoms with van der Waals surface area (Å²) < 4.78 is 0. The van der Waals surface area contributed by atoms with Crippen LogP contribution in [0.3, 0.4) is 0 Å². The number of hydrogen-bond acceptors (Lipinski definition) is 4. The van der Waals surface area contributed by atoms with Crippen LogP contribution in [0.5, 0.6) is 0 Å². The first-order valence-corrected chi connectivity index (χ1v) is 6.87. The first-order valence-electron chi connectivity index (χ1n) is 6.87. The molecule has 3 aromatic rings. The number of hydrogen-bond donors (Lipinski definition) is 0. The van der Waals surface area contributed by atoms with Gasteiger partial charge < -0.3 is 0 Å². The lowest BCUT2D eigenvalue weighted by Gasteiger charge is -2.09. The number of aromatic nitrogens is 2. The monoisotopic (exact) mass is 287 g/mol. The molecule has 106 valence electrons. The highest BCUT2D eigenvalue weighted by atomic mass is 16.1. The molecule has 0 saturated carbocycles. The minimum absolute atomic E-state index is 0.0163. The van der Waals surface area contributed by atoms with Crippen molar-refractivity contribution in [2.45, 2.75) is 13.8 Å². The van der Waals surface area contributed by atoms with Crippen molar-refractivity contribution in [1.82, 2.24) is 9.97 Å². The summed E-state index contributed by atoms with van der Waals surface area (Å²) in [4.78, 5) is 20.4. The number of carbonyl (C=O) groups is 1. The van der Waals surface area contributed by atoms with E-state index < -0.39 is 0 Å². The first-order chi connectivity index (χ1) is 10.6. The number of nitriles is 1. The smallest absolute Gasteiger partial charge is 0.160 e. The fourth-order valence-corrected chi connectivity index (χ4v) is 2.53. The maximum Gasteiger partial charge on any atom is 0.160 e. The lowest BCUT2D eigenvalue weighted by atomic mass is 9.97. The number of nitrogens with zero attached hydrogens (tertiary/aromatic N) is 3. The molecule has 0 aliphatic heterocycles. The van der Waals surface area contributed by atoms with E-state index >= 15 is 0 Å². The van der Waals surface area contributed by atoms with E-state index in [1.807, 2.05) is 37.3 Å². The Labute approximate surface area is 128 Å². The van der Waals surface area contributed by atoms with E-state index in [1.165, 1.54) is 6.92 Å². The summed E-state index contributed by atoms with van der Waals surface area (Å²) in [6.45, 7) is 3.45. The number of fused-ring (bicyclic) bond motifs is 1. The van der Waals surface area contributed by atoms with Crippen molar-refractivity contribution in [3.63, 3.8) is 0 Å². The van der Waals surface area contributed by atoms with Crippen molar-refractivity contribution in [1.29, 1.82) is 5.26 Å². The second-order valence-electron chi connectivity index (χ2n) is 5.17. The predicted octanol–water partition coefficient (Wildman–Crippen LogP) is 3.68. The highest BCUT2D eigenvalue weighted by Crippen LogP contribution is 2.28. The predicted molar refractivity (Wildman–Crippen MR) is 84.4 cm³/mol. The molecular weight excluding hydrogens is 274 g/mol. The largest absolute Gasteiger partial charge is 0.294 e. The Kier molecular flexibility index (Phi) is 3.40. The molecule has 0 unspecified atom stereocenters. The van der Waals surface area contributed by atoms with Gasteiger partial charge in [0.2, 0.25) is 0 Å². The van der Waals surface area contributed by atoms with E-state index in [9.17, 15) is 10.1 Å². The van der Waals surface area contributed by atoms with Gasteiger partial charge in [-0.15, -0.1) is 0 Å². The lowest BCUT2D eigenvalue weighted by molar-refractivity contribution is 0.101. The van der Waals surface area contributed by atoms with E-state index in [0.29, 0.717) is 22.3 Å². The van der Waals surface area contributed by atoms with Gasteiger partial charge in [0.1, 0.15) is 11.8 Å². The molecule has 0 bridgehead atoms. The molecule has 0 N–H and O–H groups in total. The van der Waals surface area contributed by atoms with Crippen LogP contribution >= 0.6 is 0 Å². The van der Waals surface area contributed by atoms with Gasteiger partial charge in [0.05, 0.1) is 5.52 Å². The van der Waals surface area contributed by atoms with Crippen LogP contribution in [0.1, 0.15) is 28.5 Å². The molecule has 2 heterocycles. The average molecular weight is 287 g/mol. The van der Waals surface area contributed by atoms with Crippen molar-refractivity contribution in [2.24, 2.45) is 0 Å². The minimum atomic E-state index is -0.0163. The molecule has 0 atom stereocenters. The number of benzene rings is 1. The third kappa shape index (κ3) is 2.33. The molecule has 2 aromatic heterocycles. The molecule has 4 nitrogen and oxygen atoms in total.